The number of benzene rings is 1. The number of nitrogens with one attached hydrogen (secondary N) is 1. The summed E-state index contributed by atoms with van der Waals surface area (Å²) in [5, 5.41) is 3.33. The van der Waals surface area contributed by atoms with E-state index in [0.717, 1.165) is 37.7 Å². The molecule has 1 saturated heterocycles. The molecule has 1 aliphatic heterocycles. The van der Waals surface area contributed by atoms with Gasteiger partial charge in [0.05, 0.1) is 31.4 Å². The second-order valence-electron chi connectivity index (χ2n) is 4.74. The van der Waals surface area contributed by atoms with Crippen LogP contribution in [0.5, 0.6) is 5.75 Å². The van der Waals surface area contributed by atoms with Crippen LogP contribution < -0.4 is 10.1 Å². The first-order chi connectivity index (χ1) is 9.93. The Morgan fingerprint density at radius 1 is 1.35 bits per heavy atom. The molecule has 1 atom stereocenters. The van der Waals surface area contributed by atoms with Crippen molar-refractivity contribution < 1.29 is 9.47 Å². The summed E-state index contributed by atoms with van der Waals surface area (Å²) in [5.74, 6) is 0.893. The Hall–Kier alpha value is -1.85. The highest BCUT2D eigenvalue weighted by Gasteiger charge is 2.19. The standard InChI is InChI=1S/C15H19N3O2/c1-2-4-13(5-3-1)19-9-7-18-12-17-10-14(18)15-11-16-6-8-20-15/h1-5,10,12,15-16H,6-9,11H2. The topological polar surface area (TPSA) is 48.3 Å². The van der Waals surface area contributed by atoms with Crippen LogP contribution in [0.1, 0.15) is 11.8 Å². The lowest BCUT2D eigenvalue weighted by Gasteiger charge is -2.24. The van der Waals surface area contributed by atoms with E-state index in [1.165, 1.54) is 0 Å². The Kier molecular flexibility index (Phi) is 4.30. The van der Waals surface area contributed by atoms with Gasteiger partial charge in [0.2, 0.25) is 0 Å². The largest absolute Gasteiger partial charge is 0.492 e. The number of hydrogen-bond acceptors (Lipinski definition) is 4. The minimum atomic E-state index is 0.0861. The smallest absolute Gasteiger partial charge is 0.119 e. The van der Waals surface area contributed by atoms with E-state index in [2.05, 4.69) is 14.9 Å². The summed E-state index contributed by atoms with van der Waals surface area (Å²) in [4.78, 5) is 4.22. The minimum Gasteiger partial charge on any atom is -0.492 e. The van der Waals surface area contributed by atoms with Crippen LogP contribution in [0.25, 0.3) is 0 Å². The number of hydrogen-bond donors (Lipinski definition) is 1. The quantitative estimate of drug-likeness (QED) is 0.899. The number of imidazole rings is 1. The molecule has 1 aromatic heterocycles. The van der Waals surface area contributed by atoms with Gasteiger partial charge in [-0.25, -0.2) is 4.98 Å². The maximum Gasteiger partial charge on any atom is 0.119 e. The van der Waals surface area contributed by atoms with Gasteiger partial charge in [-0.15, -0.1) is 0 Å². The molecule has 1 N–H and O–H groups in total. The van der Waals surface area contributed by atoms with Gasteiger partial charge in [-0.3, -0.25) is 0 Å². The lowest BCUT2D eigenvalue weighted by atomic mass is 10.2. The summed E-state index contributed by atoms with van der Waals surface area (Å²) in [6.45, 7) is 3.89. The Balaban J connectivity index is 1.56. The van der Waals surface area contributed by atoms with Crippen LogP contribution >= 0.6 is 0 Å². The molecule has 1 fully saturated rings. The predicted octanol–water partition coefficient (Wildman–Crippen LogP) is 1.62. The van der Waals surface area contributed by atoms with Gasteiger partial charge in [-0.1, -0.05) is 18.2 Å². The van der Waals surface area contributed by atoms with E-state index in [0.29, 0.717) is 6.61 Å². The van der Waals surface area contributed by atoms with E-state index in [4.69, 9.17) is 9.47 Å². The van der Waals surface area contributed by atoms with Crippen molar-refractivity contribution >= 4 is 0 Å². The Morgan fingerprint density at radius 2 is 2.25 bits per heavy atom. The highest BCUT2D eigenvalue weighted by molar-refractivity contribution is 5.20. The van der Waals surface area contributed by atoms with Crippen molar-refractivity contribution in [2.45, 2.75) is 12.6 Å². The molecule has 0 amide bonds. The number of morpholine rings is 1. The summed E-state index contributed by atoms with van der Waals surface area (Å²) in [5.41, 5.74) is 1.11. The predicted molar refractivity (Wildman–Crippen MR) is 75.7 cm³/mol. The van der Waals surface area contributed by atoms with Crippen molar-refractivity contribution in [3.63, 3.8) is 0 Å². The Labute approximate surface area is 118 Å². The van der Waals surface area contributed by atoms with Crippen LogP contribution in [-0.4, -0.2) is 35.9 Å². The zero-order chi connectivity index (χ0) is 13.6. The summed E-state index contributed by atoms with van der Waals surface area (Å²) in [6, 6.07) is 9.85. The van der Waals surface area contributed by atoms with Crippen LogP contribution in [0.4, 0.5) is 0 Å². The zero-order valence-electron chi connectivity index (χ0n) is 11.4. The first kappa shape index (κ1) is 13.1. The van der Waals surface area contributed by atoms with Crippen molar-refractivity contribution in [1.82, 2.24) is 14.9 Å². The molecule has 0 radical (unpaired) electrons. The highest BCUT2D eigenvalue weighted by atomic mass is 16.5. The Morgan fingerprint density at radius 3 is 3.05 bits per heavy atom. The molecular formula is C15H19N3O2. The molecule has 1 aromatic carbocycles. The molecule has 5 heteroatoms. The Bertz CT molecular complexity index is 521. The van der Waals surface area contributed by atoms with Gasteiger partial charge in [0.15, 0.2) is 0 Å². The number of para-hydroxylation sites is 1. The fourth-order valence-electron chi connectivity index (χ4n) is 2.32. The molecule has 3 rings (SSSR count). The summed E-state index contributed by atoms with van der Waals surface area (Å²) < 4.78 is 13.6. The van der Waals surface area contributed by atoms with E-state index in [-0.39, 0.29) is 6.10 Å². The van der Waals surface area contributed by atoms with E-state index < -0.39 is 0 Å². The molecule has 106 valence electrons. The SMILES string of the molecule is c1ccc(OCCn2cncc2C2CNCCO2)cc1. The second-order valence-corrected chi connectivity index (χ2v) is 4.74. The molecule has 0 bridgehead atoms. The number of nitrogens with zero attached hydrogens (tertiary/aromatic N) is 2. The normalized spacial score (nSPS) is 18.9. The van der Waals surface area contributed by atoms with Crippen LogP contribution in [0, 0.1) is 0 Å². The van der Waals surface area contributed by atoms with E-state index in [9.17, 15) is 0 Å². The lowest BCUT2D eigenvalue weighted by molar-refractivity contribution is 0.0224. The monoisotopic (exact) mass is 273 g/mol. The van der Waals surface area contributed by atoms with Gasteiger partial charge in [0, 0.05) is 13.1 Å². The molecule has 0 spiro atoms. The lowest BCUT2D eigenvalue weighted by Crippen LogP contribution is -2.34. The van der Waals surface area contributed by atoms with Crippen molar-refractivity contribution in [1.29, 1.82) is 0 Å². The molecular weight excluding hydrogens is 254 g/mol. The van der Waals surface area contributed by atoms with Gasteiger partial charge in [-0.05, 0) is 12.1 Å². The van der Waals surface area contributed by atoms with Crippen LogP contribution in [-0.2, 0) is 11.3 Å². The molecule has 0 aliphatic carbocycles. The van der Waals surface area contributed by atoms with Crippen molar-refractivity contribution in [2.24, 2.45) is 0 Å². The average molecular weight is 273 g/mol. The van der Waals surface area contributed by atoms with Gasteiger partial charge in [0.25, 0.3) is 0 Å². The zero-order valence-corrected chi connectivity index (χ0v) is 11.4. The third-order valence-electron chi connectivity index (χ3n) is 3.35. The molecule has 20 heavy (non-hydrogen) atoms. The van der Waals surface area contributed by atoms with Crippen molar-refractivity contribution in [3.05, 3.63) is 48.5 Å². The van der Waals surface area contributed by atoms with Crippen LogP contribution in [0.15, 0.2) is 42.9 Å². The third-order valence-corrected chi connectivity index (χ3v) is 3.35. The molecule has 2 heterocycles. The number of rotatable bonds is 5. The molecule has 0 saturated carbocycles. The summed E-state index contributed by atoms with van der Waals surface area (Å²) in [6.07, 6.45) is 3.80. The molecule has 1 unspecified atom stereocenters. The van der Waals surface area contributed by atoms with Gasteiger partial charge in [0.1, 0.15) is 18.5 Å². The summed E-state index contributed by atoms with van der Waals surface area (Å²) >= 11 is 0. The van der Waals surface area contributed by atoms with Crippen molar-refractivity contribution in [3.8, 4) is 5.75 Å². The van der Waals surface area contributed by atoms with Crippen LogP contribution in [0.3, 0.4) is 0 Å². The number of aromatic nitrogens is 2. The number of ether oxygens (including phenoxy) is 2. The summed E-state index contributed by atoms with van der Waals surface area (Å²) in [7, 11) is 0. The minimum absolute atomic E-state index is 0.0861. The first-order valence-electron chi connectivity index (χ1n) is 6.93. The van der Waals surface area contributed by atoms with Crippen LogP contribution in [0.2, 0.25) is 0 Å². The third kappa shape index (κ3) is 3.18. The molecule has 1 aliphatic rings. The average Bonchev–Trinajstić information content (AvgIpc) is 2.98. The maximum absolute atomic E-state index is 5.76. The van der Waals surface area contributed by atoms with E-state index >= 15 is 0 Å². The van der Waals surface area contributed by atoms with Gasteiger partial charge >= 0.3 is 0 Å². The van der Waals surface area contributed by atoms with E-state index in [1.54, 1.807) is 0 Å². The maximum atomic E-state index is 5.76. The first-order valence-corrected chi connectivity index (χ1v) is 6.93. The molecule has 5 nitrogen and oxygen atoms in total. The van der Waals surface area contributed by atoms with Crippen molar-refractivity contribution in [2.75, 3.05) is 26.3 Å². The highest BCUT2D eigenvalue weighted by Crippen LogP contribution is 2.18. The van der Waals surface area contributed by atoms with Gasteiger partial charge in [-0.2, -0.15) is 0 Å². The second kappa shape index (κ2) is 6.54. The molecule has 2 aromatic rings. The fourth-order valence-corrected chi connectivity index (χ4v) is 2.32. The van der Waals surface area contributed by atoms with E-state index in [1.807, 2.05) is 42.9 Å². The van der Waals surface area contributed by atoms with Gasteiger partial charge < -0.3 is 19.4 Å². The fraction of sp³-hybridized carbons (Fsp3) is 0.400.